The van der Waals surface area contributed by atoms with Gasteiger partial charge in [-0.25, -0.2) is 4.79 Å². The van der Waals surface area contributed by atoms with E-state index in [0.717, 1.165) is 0 Å². The van der Waals surface area contributed by atoms with Crippen LogP contribution in [-0.4, -0.2) is 29.8 Å². The fraction of sp³-hybridized carbons (Fsp3) is 0.263. The van der Waals surface area contributed by atoms with Crippen LogP contribution in [0.2, 0.25) is 0 Å². The van der Waals surface area contributed by atoms with Crippen molar-refractivity contribution in [3.05, 3.63) is 70.3 Å². The number of ether oxygens (including phenoxy) is 1. The van der Waals surface area contributed by atoms with Gasteiger partial charge in [0, 0.05) is 12.1 Å². The van der Waals surface area contributed by atoms with Gasteiger partial charge >= 0.3 is 12.1 Å². The molecule has 0 aliphatic heterocycles. The third-order valence-corrected chi connectivity index (χ3v) is 3.57. The van der Waals surface area contributed by atoms with E-state index in [1.165, 1.54) is 12.1 Å². The van der Waals surface area contributed by atoms with Crippen LogP contribution in [0.5, 0.6) is 0 Å². The van der Waals surface area contributed by atoms with Gasteiger partial charge < -0.3 is 15.2 Å². The molecule has 0 aliphatic rings. The topological polar surface area (TPSA) is 75.6 Å². The van der Waals surface area contributed by atoms with Gasteiger partial charge in [-0.05, 0) is 41.8 Å². The van der Waals surface area contributed by atoms with Gasteiger partial charge in [-0.2, -0.15) is 13.2 Å². The van der Waals surface area contributed by atoms with Crippen LogP contribution in [0, 0.1) is 6.92 Å². The molecule has 2 N–H and O–H groups in total. The molecule has 2 rings (SSSR count). The Morgan fingerprint density at radius 1 is 1.07 bits per heavy atom. The number of hydrogen-bond donors (Lipinski definition) is 2. The van der Waals surface area contributed by atoms with Crippen LogP contribution in [0.25, 0.3) is 0 Å². The van der Waals surface area contributed by atoms with Crippen LogP contribution in [0.15, 0.2) is 42.5 Å². The zero-order valence-corrected chi connectivity index (χ0v) is 14.5. The average molecular weight is 381 g/mol. The summed E-state index contributed by atoms with van der Waals surface area (Å²) in [4.78, 5) is 23.3. The normalized spacial score (nSPS) is 11.3. The summed E-state index contributed by atoms with van der Waals surface area (Å²) in [5, 5.41) is 11.7. The maximum absolute atomic E-state index is 12.3. The Morgan fingerprint density at radius 3 is 2.41 bits per heavy atom. The first-order valence-electron chi connectivity index (χ1n) is 7.99. The number of carbonyl (C=O) groups is 2. The average Bonchev–Trinajstić information content (AvgIpc) is 2.58. The number of aryl methyl sites for hydroxylation is 1. The summed E-state index contributed by atoms with van der Waals surface area (Å²) in [6.45, 7) is 0.310. The number of carboxylic acids is 1. The van der Waals surface area contributed by atoms with Crippen LogP contribution in [-0.2, 0) is 17.9 Å². The highest BCUT2D eigenvalue weighted by Crippen LogP contribution is 2.16. The minimum atomic E-state index is -4.38. The molecule has 1 amide bonds. The van der Waals surface area contributed by atoms with Crippen molar-refractivity contribution < 1.29 is 32.6 Å². The van der Waals surface area contributed by atoms with E-state index in [2.05, 4.69) is 10.1 Å². The number of carbonyl (C=O) groups excluding carboxylic acids is 1. The van der Waals surface area contributed by atoms with Crippen molar-refractivity contribution in [3.63, 3.8) is 0 Å². The van der Waals surface area contributed by atoms with Crippen molar-refractivity contribution in [2.24, 2.45) is 0 Å². The fourth-order valence-electron chi connectivity index (χ4n) is 2.44. The number of amides is 1. The van der Waals surface area contributed by atoms with Crippen LogP contribution in [0.4, 0.5) is 13.2 Å². The second kappa shape index (κ2) is 8.68. The first-order valence-corrected chi connectivity index (χ1v) is 7.99. The van der Waals surface area contributed by atoms with Crippen molar-refractivity contribution in [1.29, 1.82) is 0 Å². The molecule has 0 atom stereocenters. The Bertz CT molecular complexity index is 834. The second-order valence-corrected chi connectivity index (χ2v) is 6.00. The Morgan fingerprint density at radius 2 is 1.74 bits per heavy atom. The van der Waals surface area contributed by atoms with Crippen LogP contribution in [0.1, 0.15) is 37.4 Å². The predicted octanol–water partition coefficient (Wildman–Crippen LogP) is 3.70. The van der Waals surface area contributed by atoms with Gasteiger partial charge in [0.05, 0.1) is 12.2 Å². The highest BCUT2D eigenvalue weighted by atomic mass is 19.4. The largest absolute Gasteiger partial charge is 0.478 e. The lowest BCUT2D eigenvalue weighted by Crippen LogP contribution is -2.23. The van der Waals surface area contributed by atoms with Crippen molar-refractivity contribution in [2.45, 2.75) is 26.3 Å². The molecular formula is C19H18F3NO4. The predicted molar refractivity (Wildman–Crippen MR) is 91.5 cm³/mol. The molecule has 0 saturated heterocycles. The van der Waals surface area contributed by atoms with Gasteiger partial charge in [0.1, 0.15) is 6.61 Å². The summed E-state index contributed by atoms with van der Waals surface area (Å²) >= 11 is 0. The molecule has 144 valence electrons. The quantitative estimate of drug-likeness (QED) is 0.767. The number of halogens is 3. The Hall–Kier alpha value is -2.87. The maximum atomic E-state index is 12.3. The lowest BCUT2D eigenvalue weighted by molar-refractivity contribution is -0.176. The molecule has 0 radical (unpaired) electrons. The molecule has 0 bridgehead atoms. The van der Waals surface area contributed by atoms with Gasteiger partial charge in [-0.1, -0.05) is 24.3 Å². The van der Waals surface area contributed by atoms with Crippen molar-refractivity contribution >= 4 is 11.9 Å². The molecule has 0 aliphatic carbocycles. The van der Waals surface area contributed by atoms with Crippen LogP contribution >= 0.6 is 0 Å². The maximum Gasteiger partial charge on any atom is 0.411 e. The van der Waals surface area contributed by atoms with E-state index in [1.54, 1.807) is 37.3 Å². The minimum Gasteiger partial charge on any atom is -0.478 e. The van der Waals surface area contributed by atoms with E-state index in [-0.39, 0.29) is 24.3 Å². The van der Waals surface area contributed by atoms with E-state index < -0.39 is 24.7 Å². The molecule has 0 spiro atoms. The number of hydrogen-bond acceptors (Lipinski definition) is 3. The second-order valence-electron chi connectivity index (χ2n) is 6.00. The standard InChI is InChI=1S/C19H18F3NO4/c1-12-5-15(8-16(6-12)18(25)26)17(24)23-9-13-3-2-4-14(7-13)10-27-11-19(20,21)22/h2-8H,9-11H2,1H3,(H,23,24)(H,25,26). The van der Waals surface area contributed by atoms with Crippen LogP contribution in [0.3, 0.4) is 0 Å². The molecule has 0 saturated carbocycles. The third kappa shape index (κ3) is 6.74. The first kappa shape index (κ1) is 20.4. The minimum absolute atomic E-state index is 0.0176. The molecule has 0 fully saturated rings. The van der Waals surface area contributed by atoms with Crippen molar-refractivity contribution in [1.82, 2.24) is 5.32 Å². The highest BCUT2D eigenvalue weighted by molar-refractivity contribution is 5.97. The summed E-state index contributed by atoms with van der Waals surface area (Å²) in [5.74, 6) is -1.57. The molecule has 2 aromatic rings. The molecule has 0 unspecified atom stereocenters. The monoisotopic (exact) mass is 381 g/mol. The van der Waals surface area contributed by atoms with E-state index in [9.17, 15) is 22.8 Å². The van der Waals surface area contributed by atoms with Crippen molar-refractivity contribution in [3.8, 4) is 0 Å². The van der Waals surface area contributed by atoms with Gasteiger partial charge in [0.25, 0.3) is 5.91 Å². The SMILES string of the molecule is Cc1cc(C(=O)O)cc(C(=O)NCc2cccc(COCC(F)(F)F)c2)c1. The van der Waals surface area contributed by atoms with Gasteiger partial charge in [-0.3, -0.25) is 4.79 Å². The highest BCUT2D eigenvalue weighted by Gasteiger charge is 2.27. The zero-order chi connectivity index (χ0) is 20.0. The van der Waals surface area contributed by atoms with E-state index in [0.29, 0.717) is 16.7 Å². The fourth-order valence-corrected chi connectivity index (χ4v) is 2.44. The van der Waals surface area contributed by atoms with Gasteiger partial charge in [0.15, 0.2) is 0 Å². The molecule has 0 aromatic heterocycles. The molecule has 5 nitrogen and oxygen atoms in total. The number of alkyl halides is 3. The molecule has 2 aromatic carbocycles. The summed E-state index contributed by atoms with van der Waals surface area (Å²) in [6.07, 6.45) is -4.38. The summed E-state index contributed by atoms with van der Waals surface area (Å²) in [5.41, 5.74) is 2.11. The molecular weight excluding hydrogens is 363 g/mol. The summed E-state index contributed by atoms with van der Waals surface area (Å²) in [7, 11) is 0. The van der Waals surface area contributed by atoms with Gasteiger partial charge in [-0.15, -0.1) is 0 Å². The smallest absolute Gasteiger partial charge is 0.411 e. The van der Waals surface area contributed by atoms with E-state index in [4.69, 9.17) is 5.11 Å². The molecule has 0 heterocycles. The molecule has 8 heteroatoms. The molecule has 27 heavy (non-hydrogen) atoms. The lowest BCUT2D eigenvalue weighted by atomic mass is 10.1. The third-order valence-electron chi connectivity index (χ3n) is 3.57. The zero-order valence-electron chi connectivity index (χ0n) is 14.5. The summed E-state index contributed by atoms with van der Waals surface area (Å²) in [6, 6.07) is 10.9. The van der Waals surface area contributed by atoms with E-state index in [1.807, 2.05) is 0 Å². The van der Waals surface area contributed by atoms with Gasteiger partial charge in [0.2, 0.25) is 0 Å². The first-order chi connectivity index (χ1) is 12.6. The van der Waals surface area contributed by atoms with Crippen molar-refractivity contribution in [2.75, 3.05) is 6.61 Å². The Balaban J connectivity index is 1.97. The number of benzene rings is 2. The number of carboxylic acid groups (broad SMARTS) is 1. The summed E-state index contributed by atoms with van der Waals surface area (Å²) < 4.78 is 40.9. The van der Waals surface area contributed by atoms with Crippen LogP contribution < -0.4 is 5.32 Å². The number of aromatic carboxylic acids is 1. The van der Waals surface area contributed by atoms with E-state index >= 15 is 0 Å². The number of rotatable bonds is 7. The number of nitrogens with one attached hydrogen (secondary N) is 1. The Labute approximate surface area is 153 Å². The Kier molecular flexibility index (Phi) is 6.57. The lowest BCUT2D eigenvalue weighted by Gasteiger charge is -2.10.